The summed E-state index contributed by atoms with van der Waals surface area (Å²) in [4.78, 5) is 31.4. The third-order valence-corrected chi connectivity index (χ3v) is 5.42. The van der Waals surface area contributed by atoms with Crippen molar-refractivity contribution in [3.63, 3.8) is 0 Å². The molecule has 4 rings (SSSR count). The van der Waals surface area contributed by atoms with Crippen LogP contribution in [0.3, 0.4) is 0 Å². The van der Waals surface area contributed by atoms with Gasteiger partial charge in [-0.1, -0.05) is 18.2 Å². The summed E-state index contributed by atoms with van der Waals surface area (Å²) in [7, 11) is 0. The standard InChI is InChI=1S/C18H22N4O2/c19-17(23)12-5-7-21(8-6-12)13-10-22(11-13)18(24)15-9-20-16-4-2-1-3-14(15)16/h1-4,9,12-13,20H,5-8,10-11H2,(H2,19,23). The average molecular weight is 326 g/mol. The lowest BCUT2D eigenvalue weighted by Gasteiger charge is -2.47. The van der Waals surface area contributed by atoms with Crippen molar-refractivity contribution in [2.75, 3.05) is 26.2 Å². The molecule has 2 aliphatic rings. The van der Waals surface area contributed by atoms with Gasteiger partial charge in [0.05, 0.1) is 5.56 Å². The third-order valence-electron chi connectivity index (χ3n) is 5.42. The van der Waals surface area contributed by atoms with Crippen molar-refractivity contribution < 1.29 is 9.59 Å². The number of nitrogens with one attached hydrogen (secondary N) is 1. The second kappa shape index (κ2) is 5.94. The number of hydrogen-bond acceptors (Lipinski definition) is 3. The summed E-state index contributed by atoms with van der Waals surface area (Å²) in [5.74, 6) is -0.0691. The zero-order chi connectivity index (χ0) is 16.7. The molecule has 2 aliphatic heterocycles. The van der Waals surface area contributed by atoms with Crippen LogP contribution in [-0.4, -0.2) is 58.8 Å². The molecule has 6 nitrogen and oxygen atoms in total. The monoisotopic (exact) mass is 326 g/mol. The summed E-state index contributed by atoms with van der Waals surface area (Å²) in [6.45, 7) is 3.32. The van der Waals surface area contributed by atoms with Crippen LogP contribution in [0, 0.1) is 5.92 Å². The summed E-state index contributed by atoms with van der Waals surface area (Å²) in [6.07, 6.45) is 3.48. The van der Waals surface area contributed by atoms with E-state index in [-0.39, 0.29) is 17.7 Å². The fraction of sp³-hybridized carbons (Fsp3) is 0.444. The number of carbonyl (C=O) groups is 2. The zero-order valence-electron chi connectivity index (χ0n) is 13.6. The molecule has 2 saturated heterocycles. The molecule has 2 fully saturated rings. The predicted octanol–water partition coefficient (Wildman–Crippen LogP) is 1.19. The Balaban J connectivity index is 1.36. The van der Waals surface area contributed by atoms with Gasteiger partial charge in [0, 0.05) is 42.1 Å². The number of aromatic nitrogens is 1. The minimum atomic E-state index is -0.181. The van der Waals surface area contributed by atoms with Gasteiger partial charge >= 0.3 is 0 Å². The number of fused-ring (bicyclic) bond motifs is 1. The second-order valence-corrected chi connectivity index (χ2v) is 6.82. The fourth-order valence-corrected chi connectivity index (χ4v) is 3.82. The second-order valence-electron chi connectivity index (χ2n) is 6.82. The number of rotatable bonds is 3. The summed E-state index contributed by atoms with van der Waals surface area (Å²) in [5, 5.41) is 0.980. The smallest absolute Gasteiger partial charge is 0.256 e. The predicted molar refractivity (Wildman–Crippen MR) is 91.5 cm³/mol. The molecule has 1 aromatic heterocycles. The van der Waals surface area contributed by atoms with Crippen molar-refractivity contribution in [1.82, 2.24) is 14.8 Å². The van der Waals surface area contributed by atoms with E-state index in [0.29, 0.717) is 6.04 Å². The van der Waals surface area contributed by atoms with E-state index < -0.39 is 0 Å². The quantitative estimate of drug-likeness (QED) is 0.889. The number of carbonyl (C=O) groups excluding carboxylic acids is 2. The number of aromatic amines is 1. The first-order valence-electron chi connectivity index (χ1n) is 8.52. The molecule has 24 heavy (non-hydrogen) atoms. The molecular weight excluding hydrogens is 304 g/mol. The molecule has 0 saturated carbocycles. The highest BCUT2D eigenvalue weighted by molar-refractivity contribution is 6.07. The van der Waals surface area contributed by atoms with Crippen LogP contribution in [0.1, 0.15) is 23.2 Å². The minimum absolute atomic E-state index is 0.0188. The van der Waals surface area contributed by atoms with E-state index in [1.165, 1.54) is 0 Å². The van der Waals surface area contributed by atoms with E-state index in [0.717, 1.165) is 55.5 Å². The summed E-state index contributed by atoms with van der Waals surface area (Å²) < 4.78 is 0. The van der Waals surface area contributed by atoms with Gasteiger partial charge in [-0.3, -0.25) is 14.5 Å². The number of benzene rings is 1. The van der Waals surface area contributed by atoms with Crippen LogP contribution in [-0.2, 0) is 4.79 Å². The van der Waals surface area contributed by atoms with Gasteiger partial charge in [0.1, 0.15) is 0 Å². The highest BCUT2D eigenvalue weighted by atomic mass is 16.2. The van der Waals surface area contributed by atoms with Crippen molar-refractivity contribution in [2.45, 2.75) is 18.9 Å². The van der Waals surface area contributed by atoms with Gasteiger partial charge in [-0.2, -0.15) is 0 Å². The van der Waals surface area contributed by atoms with Crippen LogP contribution in [0.15, 0.2) is 30.5 Å². The van der Waals surface area contributed by atoms with Crippen molar-refractivity contribution >= 4 is 22.7 Å². The Bertz CT molecular complexity index is 770. The van der Waals surface area contributed by atoms with Gasteiger partial charge in [-0.25, -0.2) is 0 Å². The molecule has 2 aromatic rings. The van der Waals surface area contributed by atoms with E-state index in [4.69, 9.17) is 5.73 Å². The van der Waals surface area contributed by atoms with Gasteiger partial charge in [0.15, 0.2) is 0 Å². The van der Waals surface area contributed by atoms with Gasteiger partial charge in [0.2, 0.25) is 5.91 Å². The van der Waals surface area contributed by atoms with Crippen molar-refractivity contribution in [1.29, 1.82) is 0 Å². The molecule has 0 unspecified atom stereocenters. The molecule has 6 heteroatoms. The molecule has 0 aliphatic carbocycles. The van der Waals surface area contributed by atoms with Crippen LogP contribution in [0.5, 0.6) is 0 Å². The largest absolute Gasteiger partial charge is 0.369 e. The first kappa shape index (κ1) is 15.2. The average Bonchev–Trinajstić information content (AvgIpc) is 2.98. The molecule has 1 aromatic carbocycles. The molecular formula is C18H22N4O2. The molecule has 126 valence electrons. The number of para-hydroxylation sites is 1. The van der Waals surface area contributed by atoms with Crippen LogP contribution >= 0.6 is 0 Å². The van der Waals surface area contributed by atoms with Gasteiger partial charge in [-0.05, 0) is 32.0 Å². The SMILES string of the molecule is NC(=O)C1CCN(C2CN(C(=O)c3c[nH]c4ccccc34)C2)CC1. The topological polar surface area (TPSA) is 82.4 Å². The van der Waals surface area contributed by atoms with Crippen molar-refractivity contribution in [3.05, 3.63) is 36.0 Å². The maximum absolute atomic E-state index is 12.7. The Morgan fingerprint density at radius 1 is 1.12 bits per heavy atom. The van der Waals surface area contributed by atoms with Gasteiger partial charge in [-0.15, -0.1) is 0 Å². The number of piperidine rings is 1. The number of hydrogen-bond donors (Lipinski definition) is 2. The van der Waals surface area contributed by atoms with Crippen LogP contribution in [0.2, 0.25) is 0 Å². The maximum atomic E-state index is 12.7. The minimum Gasteiger partial charge on any atom is -0.369 e. The number of amides is 2. The summed E-state index contributed by atoms with van der Waals surface area (Å²) in [5.41, 5.74) is 7.12. The highest BCUT2D eigenvalue weighted by Gasteiger charge is 2.37. The first-order chi connectivity index (χ1) is 11.6. The molecule has 0 bridgehead atoms. The normalized spacial score (nSPS) is 20.2. The Kier molecular flexibility index (Phi) is 3.76. The number of likely N-dealkylation sites (tertiary alicyclic amines) is 2. The number of nitrogens with zero attached hydrogens (tertiary/aromatic N) is 2. The van der Waals surface area contributed by atoms with Crippen molar-refractivity contribution in [3.8, 4) is 0 Å². The lowest BCUT2D eigenvalue weighted by molar-refractivity contribution is -0.123. The number of primary amides is 1. The summed E-state index contributed by atoms with van der Waals surface area (Å²) >= 11 is 0. The number of nitrogens with two attached hydrogens (primary N) is 1. The molecule has 0 spiro atoms. The van der Waals surface area contributed by atoms with Gasteiger partial charge < -0.3 is 15.6 Å². The Labute approximate surface area is 140 Å². The Morgan fingerprint density at radius 2 is 1.83 bits per heavy atom. The zero-order valence-corrected chi connectivity index (χ0v) is 13.6. The van der Waals surface area contributed by atoms with Crippen molar-refractivity contribution in [2.24, 2.45) is 11.7 Å². The Hall–Kier alpha value is -2.34. The molecule has 0 atom stereocenters. The number of H-pyrrole nitrogens is 1. The third kappa shape index (κ3) is 2.57. The van der Waals surface area contributed by atoms with E-state index in [9.17, 15) is 9.59 Å². The molecule has 3 heterocycles. The van der Waals surface area contributed by atoms with Crippen LogP contribution in [0.25, 0.3) is 10.9 Å². The van der Waals surface area contributed by atoms with E-state index in [1.807, 2.05) is 29.2 Å². The maximum Gasteiger partial charge on any atom is 0.256 e. The lowest BCUT2D eigenvalue weighted by atomic mass is 9.93. The fourth-order valence-electron chi connectivity index (χ4n) is 3.82. The Morgan fingerprint density at radius 3 is 2.54 bits per heavy atom. The van der Waals surface area contributed by atoms with Crippen LogP contribution < -0.4 is 5.73 Å². The first-order valence-corrected chi connectivity index (χ1v) is 8.52. The van der Waals surface area contributed by atoms with Crippen LogP contribution in [0.4, 0.5) is 0 Å². The molecule has 3 N–H and O–H groups in total. The lowest BCUT2D eigenvalue weighted by Crippen LogP contribution is -2.62. The summed E-state index contributed by atoms with van der Waals surface area (Å²) in [6, 6.07) is 8.28. The highest BCUT2D eigenvalue weighted by Crippen LogP contribution is 2.26. The van der Waals surface area contributed by atoms with Gasteiger partial charge in [0.25, 0.3) is 5.91 Å². The molecule has 0 radical (unpaired) electrons. The van der Waals surface area contributed by atoms with E-state index in [2.05, 4.69) is 9.88 Å². The molecule has 2 amide bonds. The van der Waals surface area contributed by atoms with E-state index in [1.54, 1.807) is 6.20 Å². The van der Waals surface area contributed by atoms with E-state index >= 15 is 0 Å².